The van der Waals surface area contributed by atoms with Gasteiger partial charge in [0.15, 0.2) is 5.69 Å². The lowest BCUT2D eigenvalue weighted by Gasteiger charge is -2.31. The van der Waals surface area contributed by atoms with Crippen molar-refractivity contribution in [2.45, 2.75) is 19.3 Å². The summed E-state index contributed by atoms with van der Waals surface area (Å²) in [5, 5.41) is 9.86. The molecule has 0 unspecified atom stereocenters. The highest BCUT2D eigenvalue weighted by Gasteiger charge is 2.31. The molecule has 57 heavy (non-hydrogen) atoms. The molecule has 0 aliphatic rings. The molecule has 0 radical (unpaired) electrons. The number of hydrogen-bond donors (Lipinski definition) is 0. The van der Waals surface area contributed by atoms with Gasteiger partial charge >= 0.3 is 0 Å². The van der Waals surface area contributed by atoms with E-state index in [0.717, 1.165) is 68.0 Å². The summed E-state index contributed by atoms with van der Waals surface area (Å²) in [7, 11) is 0. The van der Waals surface area contributed by atoms with E-state index in [9.17, 15) is 5.26 Å². The van der Waals surface area contributed by atoms with E-state index in [4.69, 9.17) is 16.5 Å². The van der Waals surface area contributed by atoms with Gasteiger partial charge < -0.3 is 9.80 Å². The second-order valence-corrected chi connectivity index (χ2v) is 14.2. The predicted molar refractivity (Wildman–Crippen MR) is 232 cm³/mol. The third-order valence-electron chi connectivity index (χ3n) is 10.0. The second kappa shape index (κ2) is 15.9. The molecule has 0 bridgehead atoms. The number of pyridine rings is 2. The highest BCUT2D eigenvalue weighted by atomic mass is 15.2. The molecule has 0 fully saturated rings. The normalized spacial score (nSPS) is 10.9. The lowest BCUT2D eigenvalue weighted by Crippen LogP contribution is -2.24. The summed E-state index contributed by atoms with van der Waals surface area (Å²) in [6.45, 7) is 12.1. The van der Waals surface area contributed by atoms with Crippen LogP contribution in [-0.2, 0) is 5.41 Å². The fraction of sp³-hybridized carbons (Fsp3) is 0.0588. The summed E-state index contributed by atoms with van der Waals surface area (Å²) >= 11 is 0. The van der Waals surface area contributed by atoms with E-state index < -0.39 is 5.41 Å². The highest BCUT2D eigenvalue weighted by molar-refractivity contribution is 5.82. The summed E-state index contributed by atoms with van der Waals surface area (Å²) in [6.07, 6.45) is 0. The van der Waals surface area contributed by atoms with E-state index in [-0.39, 0.29) is 0 Å². The fourth-order valence-corrected chi connectivity index (χ4v) is 7.04. The largest absolute Gasteiger partial charge is 0.310 e. The zero-order chi connectivity index (χ0) is 39.2. The molecule has 8 aromatic rings. The first-order chi connectivity index (χ1) is 27.9. The molecular formula is C51H38N6. The summed E-state index contributed by atoms with van der Waals surface area (Å²) in [5.74, 6) is 0. The minimum Gasteiger partial charge on any atom is -0.310 e. The zero-order valence-electron chi connectivity index (χ0n) is 31.7. The number of aromatic nitrogens is 2. The Labute approximate surface area is 334 Å². The summed E-state index contributed by atoms with van der Waals surface area (Å²) in [4.78, 5) is 19.0. The van der Waals surface area contributed by atoms with Gasteiger partial charge in [-0.1, -0.05) is 103 Å². The highest BCUT2D eigenvalue weighted by Crippen LogP contribution is 2.43. The average Bonchev–Trinajstić information content (AvgIpc) is 3.28. The van der Waals surface area contributed by atoms with E-state index in [0.29, 0.717) is 11.3 Å². The number of rotatable bonds is 10. The first kappa shape index (κ1) is 36.2. The smallest absolute Gasteiger partial charge is 0.187 e. The summed E-state index contributed by atoms with van der Waals surface area (Å²) in [5.41, 5.74) is 10.9. The van der Waals surface area contributed by atoms with Crippen LogP contribution >= 0.6 is 0 Å². The van der Waals surface area contributed by atoms with Crippen molar-refractivity contribution in [2.75, 3.05) is 9.80 Å². The van der Waals surface area contributed by atoms with Crippen molar-refractivity contribution in [1.82, 2.24) is 9.97 Å². The Balaban J connectivity index is 1.38. The molecule has 0 aliphatic carbocycles. The Morgan fingerprint density at radius 3 is 1.28 bits per heavy atom. The van der Waals surface area contributed by atoms with Crippen LogP contribution in [0.25, 0.3) is 27.4 Å². The molecule has 0 N–H and O–H groups in total. The molecule has 0 saturated heterocycles. The Morgan fingerprint density at radius 1 is 0.474 bits per heavy atom. The van der Waals surface area contributed by atoms with E-state index in [1.165, 1.54) is 0 Å². The van der Waals surface area contributed by atoms with Crippen LogP contribution in [-0.4, -0.2) is 9.97 Å². The maximum Gasteiger partial charge on any atom is 0.187 e. The molecule has 6 nitrogen and oxygen atoms in total. The fourth-order valence-electron chi connectivity index (χ4n) is 7.04. The topological polar surface area (TPSA) is 60.4 Å². The van der Waals surface area contributed by atoms with Crippen LogP contribution < -0.4 is 9.80 Å². The maximum atomic E-state index is 9.86. The summed E-state index contributed by atoms with van der Waals surface area (Å²) < 4.78 is 0. The Bertz CT molecular complexity index is 2470. The second-order valence-electron chi connectivity index (χ2n) is 14.2. The van der Waals surface area contributed by atoms with Gasteiger partial charge in [-0.15, -0.1) is 0 Å². The number of anilines is 6. The molecule has 2 aromatic heterocycles. The molecule has 6 aromatic carbocycles. The van der Waals surface area contributed by atoms with E-state index in [1.54, 1.807) is 0 Å². The van der Waals surface area contributed by atoms with Crippen LogP contribution in [0.4, 0.5) is 39.8 Å². The van der Waals surface area contributed by atoms with E-state index in [2.05, 4.69) is 107 Å². The van der Waals surface area contributed by atoms with Gasteiger partial charge in [-0.05, 0) is 110 Å². The van der Waals surface area contributed by atoms with Crippen molar-refractivity contribution in [3.05, 3.63) is 222 Å². The average molecular weight is 735 g/mol. The van der Waals surface area contributed by atoms with Gasteiger partial charge in [-0.3, -0.25) is 9.97 Å². The van der Waals surface area contributed by atoms with Crippen molar-refractivity contribution < 1.29 is 0 Å². The lowest BCUT2D eigenvalue weighted by molar-refractivity contribution is 0.597. The van der Waals surface area contributed by atoms with Gasteiger partial charge in [0.05, 0.1) is 52.4 Å². The van der Waals surface area contributed by atoms with Gasteiger partial charge in [0.25, 0.3) is 0 Å². The first-order valence-corrected chi connectivity index (χ1v) is 18.8. The third-order valence-corrected chi connectivity index (χ3v) is 10.0. The van der Waals surface area contributed by atoms with Gasteiger partial charge in [0.2, 0.25) is 0 Å². The number of benzene rings is 6. The van der Waals surface area contributed by atoms with E-state index in [1.807, 2.05) is 121 Å². The zero-order valence-corrected chi connectivity index (χ0v) is 31.7. The molecule has 272 valence electrons. The molecule has 6 heteroatoms. The van der Waals surface area contributed by atoms with Crippen molar-refractivity contribution in [1.29, 1.82) is 5.26 Å². The van der Waals surface area contributed by atoms with Crippen LogP contribution in [0, 0.1) is 17.9 Å². The molecule has 0 amide bonds. The van der Waals surface area contributed by atoms with Gasteiger partial charge in [0.1, 0.15) is 0 Å². The molecule has 0 spiro atoms. The summed E-state index contributed by atoms with van der Waals surface area (Å²) in [6, 6.07) is 67.2. The predicted octanol–water partition coefficient (Wildman–Crippen LogP) is 13.5. The first-order valence-electron chi connectivity index (χ1n) is 18.8. The lowest BCUT2D eigenvalue weighted by atomic mass is 9.83. The SMILES string of the molecule is [C-]#[N+]c1cccc(-c2cc(N(c3ccccc3)c3ccccc3)cc(C(C)(C)c3cc(N(c4ccccc4)c4ccccc4)cc(-c4cccc(C#N)c4)n3)n2)c1. The number of hydrogen-bond acceptors (Lipinski definition) is 5. The minimum atomic E-state index is -0.752. The van der Waals surface area contributed by atoms with Crippen LogP contribution in [0.5, 0.6) is 0 Å². The Kier molecular flexibility index (Phi) is 10.1. The molecule has 0 atom stereocenters. The number of nitrogens with zero attached hydrogens (tertiary/aromatic N) is 6. The molecule has 0 saturated carbocycles. The van der Waals surface area contributed by atoms with Gasteiger partial charge in [0, 0.05) is 33.7 Å². The van der Waals surface area contributed by atoms with E-state index >= 15 is 0 Å². The monoisotopic (exact) mass is 734 g/mol. The van der Waals surface area contributed by atoms with Gasteiger partial charge in [-0.2, -0.15) is 5.26 Å². The number of para-hydroxylation sites is 4. The van der Waals surface area contributed by atoms with Crippen LogP contribution in [0.15, 0.2) is 194 Å². The van der Waals surface area contributed by atoms with Crippen LogP contribution in [0.3, 0.4) is 0 Å². The van der Waals surface area contributed by atoms with Crippen LogP contribution in [0.2, 0.25) is 0 Å². The van der Waals surface area contributed by atoms with Crippen LogP contribution in [0.1, 0.15) is 30.8 Å². The minimum absolute atomic E-state index is 0.545. The van der Waals surface area contributed by atoms with Crippen molar-refractivity contribution in [3.8, 4) is 28.6 Å². The Hall–Kier alpha value is -7.80. The van der Waals surface area contributed by atoms with Crippen molar-refractivity contribution in [2.24, 2.45) is 0 Å². The van der Waals surface area contributed by atoms with Crippen molar-refractivity contribution >= 4 is 39.8 Å². The Morgan fingerprint density at radius 2 is 0.877 bits per heavy atom. The number of nitriles is 1. The third kappa shape index (κ3) is 7.62. The molecule has 0 aliphatic heterocycles. The maximum absolute atomic E-state index is 9.86. The van der Waals surface area contributed by atoms with Gasteiger partial charge in [-0.25, -0.2) is 4.85 Å². The molecular weight excluding hydrogens is 697 g/mol. The quantitative estimate of drug-likeness (QED) is 0.131. The molecule has 8 rings (SSSR count). The molecule has 2 heterocycles. The van der Waals surface area contributed by atoms with Crippen molar-refractivity contribution in [3.63, 3.8) is 0 Å². The standard InChI is InChI=1S/C51H38N6/c1-51(2,49-34-45(32-47(54-49)38-19-16-18-37(30-38)36-52)56(41-22-8-4-9-23-41)42-24-10-5-11-25-42)50-35-46(33-48(55-50)39-20-17-21-40(31-39)53-3)57(43-26-12-6-13-27-43)44-28-14-7-15-29-44/h4-35H,1-2H3.